The first-order chi connectivity index (χ1) is 15.5. The molecule has 8 nitrogen and oxygen atoms in total. The van der Waals surface area contributed by atoms with Crippen molar-refractivity contribution in [2.24, 2.45) is 5.92 Å². The first-order valence-electron chi connectivity index (χ1n) is 10.8. The van der Waals surface area contributed by atoms with Gasteiger partial charge in [0.25, 0.3) is 5.91 Å². The van der Waals surface area contributed by atoms with Crippen molar-refractivity contribution in [1.29, 1.82) is 0 Å². The van der Waals surface area contributed by atoms with Crippen LogP contribution in [-0.2, 0) is 19.1 Å². The van der Waals surface area contributed by atoms with Crippen molar-refractivity contribution in [1.82, 2.24) is 10.2 Å². The summed E-state index contributed by atoms with van der Waals surface area (Å²) >= 11 is 0. The molecule has 32 heavy (non-hydrogen) atoms. The van der Waals surface area contributed by atoms with E-state index >= 15 is 0 Å². The van der Waals surface area contributed by atoms with E-state index in [1.807, 2.05) is 24.3 Å². The van der Waals surface area contributed by atoms with Crippen molar-refractivity contribution < 1.29 is 29.0 Å². The molecule has 0 radical (unpaired) electrons. The SMILES string of the molecule is O=C(N[C@@H]1CCO[C@@H]1C(=O)N1CC(C(=O)O)C1)OCC1c2ccccc2-c2ccccc21. The number of aliphatic carboxylic acids is 1. The average Bonchev–Trinajstić information content (AvgIpc) is 3.33. The summed E-state index contributed by atoms with van der Waals surface area (Å²) in [5.41, 5.74) is 4.57. The van der Waals surface area contributed by atoms with Gasteiger partial charge in [0, 0.05) is 25.6 Å². The topological polar surface area (TPSA) is 105 Å². The molecular formula is C24H24N2O6. The molecule has 2 fully saturated rings. The maximum Gasteiger partial charge on any atom is 0.407 e. The molecule has 166 valence electrons. The molecule has 0 unspecified atom stereocenters. The number of nitrogens with zero attached hydrogens (tertiary/aromatic N) is 1. The molecule has 2 aromatic rings. The molecule has 2 aromatic carbocycles. The zero-order chi connectivity index (χ0) is 22.2. The van der Waals surface area contributed by atoms with E-state index in [-0.39, 0.29) is 31.5 Å². The maximum atomic E-state index is 12.6. The van der Waals surface area contributed by atoms with Gasteiger partial charge in [0.1, 0.15) is 6.61 Å². The first kappa shape index (κ1) is 20.5. The minimum Gasteiger partial charge on any atom is -0.481 e. The van der Waals surface area contributed by atoms with Crippen molar-refractivity contribution in [2.75, 3.05) is 26.3 Å². The van der Waals surface area contributed by atoms with Gasteiger partial charge in [0.05, 0.1) is 12.0 Å². The number of carboxylic acids is 1. The number of hydrogen-bond acceptors (Lipinski definition) is 5. The Balaban J connectivity index is 1.19. The van der Waals surface area contributed by atoms with Gasteiger partial charge in [-0.3, -0.25) is 9.59 Å². The number of alkyl carbamates (subject to hydrolysis) is 1. The van der Waals surface area contributed by atoms with E-state index in [1.54, 1.807) is 0 Å². The predicted octanol–water partition coefficient (Wildman–Crippen LogP) is 2.23. The summed E-state index contributed by atoms with van der Waals surface area (Å²) in [6.07, 6.45) is -0.908. The molecule has 3 aliphatic rings. The summed E-state index contributed by atoms with van der Waals surface area (Å²) in [5, 5.41) is 11.8. The Kier molecular flexibility index (Phi) is 5.30. The van der Waals surface area contributed by atoms with Crippen LogP contribution in [0.4, 0.5) is 4.79 Å². The van der Waals surface area contributed by atoms with Crippen molar-refractivity contribution in [3.63, 3.8) is 0 Å². The Hall–Kier alpha value is -3.39. The number of likely N-dealkylation sites (tertiary alicyclic amines) is 1. The molecular weight excluding hydrogens is 412 g/mol. The Morgan fingerprint density at radius 2 is 1.66 bits per heavy atom. The van der Waals surface area contributed by atoms with Crippen molar-refractivity contribution in [2.45, 2.75) is 24.5 Å². The third kappa shape index (κ3) is 3.60. The second-order valence-corrected chi connectivity index (χ2v) is 8.43. The normalized spacial score (nSPS) is 22.1. The highest BCUT2D eigenvalue weighted by Gasteiger charge is 2.43. The maximum absolute atomic E-state index is 12.6. The monoisotopic (exact) mass is 436 g/mol. The Labute approximate surface area is 185 Å². The van der Waals surface area contributed by atoms with Crippen LogP contribution in [0.5, 0.6) is 0 Å². The molecule has 0 bridgehead atoms. The fraction of sp³-hybridized carbons (Fsp3) is 0.375. The number of rotatable bonds is 5. The fourth-order valence-corrected chi connectivity index (χ4v) is 4.77. The number of benzene rings is 2. The van der Waals surface area contributed by atoms with E-state index in [2.05, 4.69) is 29.6 Å². The minimum atomic E-state index is -0.908. The fourth-order valence-electron chi connectivity index (χ4n) is 4.77. The molecule has 2 heterocycles. The van der Waals surface area contributed by atoms with Gasteiger partial charge in [-0.05, 0) is 28.7 Å². The van der Waals surface area contributed by atoms with Gasteiger partial charge < -0.3 is 24.8 Å². The number of nitrogens with one attached hydrogen (secondary N) is 1. The Morgan fingerprint density at radius 1 is 1.03 bits per heavy atom. The van der Waals surface area contributed by atoms with Crippen LogP contribution in [0.15, 0.2) is 48.5 Å². The second-order valence-electron chi connectivity index (χ2n) is 8.43. The van der Waals surface area contributed by atoms with E-state index in [0.717, 1.165) is 22.3 Å². The summed E-state index contributed by atoms with van der Waals surface area (Å²) in [7, 11) is 0. The second kappa shape index (κ2) is 8.27. The van der Waals surface area contributed by atoms with Crippen LogP contribution in [0.25, 0.3) is 11.1 Å². The smallest absolute Gasteiger partial charge is 0.407 e. The van der Waals surface area contributed by atoms with E-state index in [1.165, 1.54) is 4.90 Å². The lowest BCUT2D eigenvalue weighted by Gasteiger charge is -2.38. The van der Waals surface area contributed by atoms with Crippen LogP contribution in [0.1, 0.15) is 23.5 Å². The van der Waals surface area contributed by atoms with Crippen LogP contribution < -0.4 is 5.32 Å². The predicted molar refractivity (Wildman–Crippen MR) is 114 cm³/mol. The Morgan fingerprint density at radius 3 is 2.28 bits per heavy atom. The summed E-state index contributed by atoms with van der Waals surface area (Å²) in [5.74, 6) is -1.77. The average molecular weight is 436 g/mol. The molecule has 2 amide bonds. The molecule has 2 atom stereocenters. The number of ether oxygens (including phenoxy) is 2. The third-order valence-electron chi connectivity index (χ3n) is 6.52. The van der Waals surface area contributed by atoms with Crippen LogP contribution >= 0.6 is 0 Å². The first-order valence-corrected chi connectivity index (χ1v) is 10.8. The van der Waals surface area contributed by atoms with E-state index in [9.17, 15) is 14.4 Å². The number of fused-ring (bicyclic) bond motifs is 3. The molecule has 2 aliphatic heterocycles. The van der Waals surface area contributed by atoms with Gasteiger partial charge in [0.15, 0.2) is 6.10 Å². The van der Waals surface area contributed by atoms with Gasteiger partial charge in [0.2, 0.25) is 0 Å². The number of carbonyl (C=O) groups excluding carboxylic acids is 2. The largest absolute Gasteiger partial charge is 0.481 e. The lowest BCUT2D eigenvalue weighted by Crippen LogP contribution is -2.58. The molecule has 2 N–H and O–H groups in total. The number of amides is 2. The third-order valence-corrected chi connectivity index (χ3v) is 6.52. The summed E-state index contributed by atoms with van der Waals surface area (Å²) in [6, 6.07) is 15.7. The standard InChI is InChI=1S/C24H24N2O6/c27-22(26-11-14(12-26)23(28)29)21-20(9-10-31-21)25-24(30)32-13-19-17-7-3-1-5-15(17)16-6-2-4-8-18(16)19/h1-8,14,19-21H,9-13H2,(H,25,30)(H,28,29)/t20-,21+/m1/s1. The van der Waals surface area contributed by atoms with Crippen molar-refractivity contribution in [3.05, 3.63) is 59.7 Å². The van der Waals surface area contributed by atoms with E-state index < -0.39 is 30.1 Å². The zero-order valence-electron chi connectivity index (χ0n) is 17.4. The Bertz CT molecular complexity index is 1020. The molecule has 5 rings (SSSR count). The van der Waals surface area contributed by atoms with Gasteiger partial charge in [-0.15, -0.1) is 0 Å². The number of carbonyl (C=O) groups is 3. The summed E-state index contributed by atoms with van der Waals surface area (Å²) < 4.78 is 11.1. The van der Waals surface area contributed by atoms with Crippen LogP contribution in [0.3, 0.4) is 0 Å². The number of carboxylic acid groups (broad SMARTS) is 1. The number of hydrogen-bond donors (Lipinski definition) is 2. The van der Waals surface area contributed by atoms with Crippen molar-refractivity contribution >= 4 is 18.0 Å². The molecule has 0 spiro atoms. The molecule has 1 aliphatic carbocycles. The lowest BCUT2D eigenvalue weighted by atomic mass is 9.98. The van der Waals surface area contributed by atoms with E-state index in [0.29, 0.717) is 13.0 Å². The molecule has 8 heteroatoms. The summed E-state index contributed by atoms with van der Waals surface area (Å²) in [6.45, 7) is 0.886. The van der Waals surface area contributed by atoms with Gasteiger partial charge in [-0.25, -0.2) is 4.79 Å². The molecule has 0 aromatic heterocycles. The molecule has 2 saturated heterocycles. The highest BCUT2D eigenvalue weighted by molar-refractivity contribution is 5.86. The van der Waals surface area contributed by atoms with Gasteiger partial charge in [-0.1, -0.05) is 48.5 Å². The quantitative estimate of drug-likeness (QED) is 0.745. The van der Waals surface area contributed by atoms with Crippen LogP contribution in [0.2, 0.25) is 0 Å². The minimum absolute atomic E-state index is 0.0422. The highest BCUT2D eigenvalue weighted by atomic mass is 16.6. The highest BCUT2D eigenvalue weighted by Crippen LogP contribution is 2.44. The van der Waals surface area contributed by atoms with Crippen LogP contribution in [0, 0.1) is 5.92 Å². The van der Waals surface area contributed by atoms with Gasteiger partial charge >= 0.3 is 12.1 Å². The summed E-state index contributed by atoms with van der Waals surface area (Å²) in [4.78, 5) is 37.6. The lowest BCUT2D eigenvalue weighted by molar-refractivity contribution is -0.157. The molecule has 0 saturated carbocycles. The van der Waals surface area contributed by atoms with Gasteiger partial charge in [-0.2, -0.15) is 0 Å². The zero-order valence-corrected chi connectivity index (χ0v) is 17.4. The van der Waals surface area contributed by atoms with E-state index in [4.69, 9.17) is 14.6 Å². The van der Waals surface area contributed by atoms with Crippen LogP contribution in [-0.4, -0.2) is 66.4 Å². The van der Waals surface area contributed by atoms with Crippen molar-refractivity contribution in [3.8, 4) is 11.1 Å².